The van der Waals surface area contributed by atoms with Crippen LogP contribution in [0.15, 0.2) is 46.9 Å². The summed E-state index contributed by atoms with van der Waals surface area (Å²) in [5.41, 5.74) is 2.24. The molecular weight excluding hydrogens is 318 g/mol. The molecule has 0 aliphatic carbocycles. The van der Waals surface area contributed by atoms with Gasteiger partial charge in [0.15, 0.2) is 0 Å². The third-order valence-corrected chi connectivity index (χ3v) is 4.60. The van der Waals surface area contributed by atoms with Crippen LogP contribution >= 0.6 is 0 Å². The average molecular weight is 337 g/mol. The number of carbonyl (C=O) groups excluding carboxylic acids is 2. The van der Waals surface area contributed by atoms with Gasteiger partial charge >= 0.3 is 6.03 Å². The minimum Gasteiger partial charge on any atom is -0.456 e. The second kappa shape index (κ2) is 6.12. The van der Waals surface area contributed by atoms with Crippen LogP contribution in [-0.2, 0) is 4.79 Å². The van der Waals surface area contributed by atoms with Crippen LogP contribution in [0.4, 0.5) is 10.5 Å². The Balaban J connectivity index is 1.47. The molecule has 0 spiro atoms. The smallest absolute Gasteiger partial charge is 0.319 e. The van der Waals surface area contributed by atoms with Gasteiger partial charge in [0.2, 0.25) is 5.91 Å². The van der Waals surface area contributed by atoms with Gasteiger partial charge in [0.1, 0.15) is 11.2 Å². The van der Waals surface area contributed by atoms with Gasteiger partial charge in [0.25, 0.3) is 0 Å². The molecular formula is C19H19N3O3. The highest BCUT2D eigenvalue weighted by Crippen LogP contribution is 2.30. The van der Waals surface area contributed by atoms with E-state index in [0.717, 1.165) is 21.9 Å². The molecule has 1 aliphatic rings. The monoisotopic (exact) mass is 337 g/mol. The summed E-state index contributed by atoms with van der Waals surface area (Å²) in [6, 6.07) is 13.2. The molecule has 0 radical (unpaired) electrons. The normalized spacial score (nSPS) is 17.9. The molecule has 0 bridgehead atoms. The van der Waals surface area contributed by atoms with E-state index >= 15 is 0 Å². The first-order chi connectivity index (χ1) is 12.1. The highest BCUT2D eigenvalue weighted by Gasteiger charge is 2.24. The van der Waals surface area contributed by atoms with Crippen molar-refractivity contribution in [2.24, 2.45) is 0 Å². The molecule has 1 fully saturated rings. The van der Waals surface area contributed by atoms with Crippen LogP contribution in [-0.4, -0.2) is 36.5 Å². The van der Waals surface area contributed by atoms with Crippen molar-refractivity contribution in [3.05, 3.63) is 42.5 Å². The Kier molecular flexibility index (Phi) is 3.80. The van der Waals surface area contributed by atoms with Crippen molar-refractivity contribution in [1.29, 1.82) is 0 Å². The number of hydrogen-bond acceptors (Lipinski definition) is 3. The fourth-order valence-corrected chi connectivity index (χ4v) is 3.29. The highest BCUT2D eigenvalue weighted by molar-refractivity contribution is 6.06. The standard InChI is InChI=1S/C19H19N3O3/c1-22-11-13(7-9-18(22)23)21-19(24)20-12-6-8-15-14-4-2-3-5-16(14)25-17(15)10-12/h2-6,8,10,13H,7,9,11H2,1H3,(H2,20,21,24)/t13-/m0/s1. The molecule has 3 amide bonds. The van der Waals surface area contributed by atoms with E-state index in [1.807, 2.05) is 42.5 Å². The Labute approximate surface area is 144 Å². The molecule has 6 heteroatoms. The third kappa shape index (κ3) is 3.03. The fraction of sp³-hybridized carbons (Fsp3) is 0.263. The molecule has 0 unspecified atom stereocenters. The number of furan rings is 1. The lowest BCUT2D eigenvalue weighted by Gasteiger charge is -2.30. The van der Waals surface area contributed by atoms with Gasteiger partial charge in [-0.2, -0.15) is 0 Å². The first kappa shape index (κ1) is 15.5. The summed E-state index contributed by atoms with van der Waals surface area (Å²) >= 11 is 0. The number of anilines is 1. The number of nitrogens with zero attached hydrogens (tertiary/aromatic N) is 1. The molecule has 3 aromatic rings. The molecule has 2 aromatic carbocycles. The Morgan fingerprint density at radius 1 is 1.16 bits per heavy atom. The molecule has 0 saturated carbocycles. The number of hydrogen-bond donors (Lipinski definition) is 2. The second-order valence-electron chi connectivity index (χ2n) is 6.42. The number of benzene rings is 2. The Bertz CT molecular complexity index is 963. The summed E-state index contributed by atoms with van der Waals surface area (Å²) in [5.74, 6) is 0.119. The molecule has 1 aliphatic heterocycles. The predicted octanol–water partition coefficient (Wildman–Crippen LogP) is 3.33. The lowest BCUT2D eigenvalue weighted by Crippen LogP contribution is -2.49. The number of likely N-dealkylation sites (tertiary alicyclic amines) is 1. The van der Waals surface area contributed by atoms with Crippen LogP contribution < -0.4 is 10.6 Å². The molecule has 2 heterocycles. The van der Waals surface area contributed by atoms with Crippen LogP contribution in [0, 0.1) is 0 Å². The van der Waals surface area contributed by atoms with E-state index in [1.165, 1.54) is 0 Å². The van der Waals surface area contributed by atoms with Crippen LogP contribution in [0.2, 0.25) is 0 Å². The summed E-state index contributed by atoms with van der Waals surface area (Å²) in [5, 5.41) is 7.84. The van der Waals surface area contributed by atoms with E-state index < -0.39 is 0 Å². The number of rotatable bonds is 2. The van der Waals surface area contributed by atoms with Gasteiger partial charge in [-0.1, -0.05) is 18.2 Å². The van der Waals surface area contributed by atoms with Crippen molar-refractivity contribution in [1.82, 2.24) is 10.2 Å². The molecule has 25 heavy (non-hydrogen) atoms. The zero-order valence-corrected chi connectivity index (χ0v) is 13.9. The zero-order chi connectivity index (χ0) is 17.4. The first-order valence-corrected chi connectivity index (χ1v) is 8.33. The van der Waals surface area contributed by atoms with Gasteiger partial charge in [-0.3, -0.25) is 4.79 Å². The van der Waals surface area contributed by atoms with Crippen LogP contribution in [0.1, 0.15) is 12.8 Å². The quantitative estimate of drug-likeness (QED) is 0.753. The Morgan fingerprint density at radius 2 is 1.96 bits per heavy atom. The van der Waals surface area contributed by atoms with Crippen molar-refractivity contribution < 1.29 is 14.0 Å². The molecule has 1 atom stereocenters. The van der Waals surface area contributed by atoms with Crippen molar-refractivity contribution in [3.63, 3.8) is 0 Å². The summed E-state index contributed by atoms with van der Waals surface area (Å²) in [6.07, 6.45) is 1.13. The zero-order valence-electron chi connectivity index (χ0n) is 13.9. The molecule has 128 valence electrons. The van der Waals surface area contributed by atoms with Gasteiger partial charge in [0, 0.05) is 48.6 Å². The summed E-state index contributed by atoms with van der Waals surface area (Å²) in [4.78, 5) is 25.4. The van der Waals surface area contributed by atoms with Crippen molar-refractivity contribution in [3.8, 4) is 0 Å². The Morgan fingerprint density at radius 3 is 2.80 bits per heavy atom. The second-order valence-corrected chi connectivity index (χ2v) is 6.42. The minimum absolute atomic E-state index is 0.0300. The highest BCUT2D eigenvalue weighted by atomic mass is 16.3. The maximum atomic E-state index is 12.2. The van der Waals surface area contributed by atoms with Gasteiger partial charge < -0.3 is 20.0 Å². The summed E-state index contributed by atoms with van der Waals surface area (Å²) in [6.45, 7) is 0.537. The molecule has 2 N–H and O–H groups in total. The molecule has 4 rings (SSSR count). The average Bonchev–Trinajstić information content (AvgIpc) is 2.96. The number of carbonyl (C=O) groups is 2. The third-order valence-electron chi connectivity index (χ3n) is 4.60. The number of amides is 3. The molecule has 1 saturated heterocycles. The fourth-order valence-electron chi connectivity index (χ4n) is 3.29. The van der Waals surface area contributed by atoms with E-state index in [-0.39, 0.29) is 18.0 Å². The van der Waals surface area contributed by atoms with Crippen molar-refractivity contribution in [2.45, 2.75) is 18.9 Å². The van der Waals surface area contributed by atoms with Crippen LogP contribution in [0.25, 0.3) is 21.9 Å². The first-order valence-electron chi connectivity index (χ1n) is 8.33. The van der Waals surface area contributed by atoms with Crippen molar-refractivity contribution >= 4 is 39.6 Å². The summed E-state index contributed by atoms with van der Waals surface area (Å²) in [7, 11) is 1.75. The number of likely N-dealkylation sites (N-methyl/N-ethyl adjacent to an activating group) is 1. The van der Waals surface area contributed by atoms with Crippen LogP contribution in [0.5, 0.6) is 0 Å². The topological polar surface area (TPSA) is 74.6 Å². The van der Waals surface area contributed by atoms with Crippen LogP contribution in [0.3, 0.4) is 0 Å². The van der Waals surface area contributed by atoms with Gasteiger partial charge in [-0.15, -0.1) is 0 Å². The van der Waals surface area contributed by atoms with Gasteiger partial charge in [0.05, 0.1) is 0 Å². The van der Waals surface area contributed by atoms with E-state index in [2.05, 4.69) is 10.6 Å². The maximum absolute atomic E-state index is 12.2. The lowest BCUT2D eigenvalue weighted by atomic mass is 10.1. The predicted molar refractivity (Wildman–Crippen MR) is 96.5 cm³/mol. The molecule has 6 nitrogen and oxygen atoms in total. The maximum Gasteiger partial charge on any atom is 0.319 e. The van der Waals surface area contributed by atoms with Crippen molar-refractivity contribution in [2.75, 3.05) is 18.9 Å². The number of fused-ring (bicyclic) bond motifs is 3. The largest absolute Gasteiger partial charge is 0.456 e. The Hall–Kier alpha value is -3.02. The minimum atomic E-state index is -0.275. The number of urea groups is 1. The van der Waals surface area contributed by atoms with E-state index in [0.29, 0.717) is 25.1 Å². The number of para-hydroxylation sites is 1. The lowest BCUT2D eigenvalue weighted by molar-refractivity contribution is -0.132. The van der Waals surface area contributed by atoms with Gasteiger partial charge in [-0.05, 0) is 24.6 Å². The van der Waals surface area contributed by atoms with Gasteiger partial charge in [-0.25, -0.2) is 4.79 Å². The number of nitrogens with one attached hydrogen (secondary N) is 2. The van der Waals surface area contributed by atoms with E-state index in [1.54, 1.807) is 11.9 Å². The number of piperidine rings is 1. The molecule has 1 aromatic heterocycles. The van der Waals surface area contributed by atoms with E-state index in [4.69, 9.17) is 4.42 Å². The SMILES string of the molecule is CN1C[C@@H](NC(=O)Nc2ccc3c(c2)oc2ccccc23)CCC1=O. The summed E-state index contributed by atoms with van der Waals surface area (Å²) < 4.78 is 5.83. The van der Waals surface area contributed by atoms with E-state index in [9.17, 15) is 9.59 Å².